The SMILES string of the molecule is Cc1ccccc1-n1cnnc1. The van der Waals surface area contributed by atoms with Crippen LogP contribution in [0.25, 0.3) is 5.69 Å². The molecule has 2 rings (SSSR count). The Morgan fingerprint density at radius 1 is 1.08 bits per heavy atom. The molecule has 0 atom stereocenters. The highest BCUT2D eigenvalue weighted by Crippen LogP contribution is 2.10. The van der Waals surface area contributed by atoms with Gasteiger partial charge < -0.3 is 0 Å². The smallest absolute Gasteiger partial charge is 0.123 e. The van der Waals surface area contributed by atoms with Crippen LogP contribution in [0.4, 0.5) is 0 Å². The summed E-state index contributed by atoms with van der Waals surface area (Å²) >= 11 is 0. The molecule has 60 valence electrons. The zero-order valence-corrected chi connectivity index (χ0v) is 6.81. The van der Waals surface area contributed by atoms with Gasteiger partial charge in [-0.05, 0) is 18.6 Å². The quantitative estimate of drug-likeness (QED) is 0.632. The van der Waals surface area contributed by atoms with Crippen LogP contribution in [-0.2, 0) is 0 Å². The van der Waals surface area contributed by atoms with Gasteiger partial charge in [-0.25, -0.2) is 0 Å². The van der Waals surface area contributed by atoms with Gasteiger partial charge in [0.05, 0.1) is 5.69 Å². The maximum atomic E-state index is 3.75. The molecule has 0 spiro atoms. The Morgan fingerprint density at radius 3 is 2.42 bits per heavy atom. The Morgan fingerprint density at radius 2 is 1.75 bits per heavy atom. The van der Waals surface area contributed by atoms with Crippen LogP contribution < -0.4 is 0 Å². The van der Waals surface area contributed by atoms with E-state index in [4.69, 9.17) is 0 Å². The van der Waals surface area contributed by atoms with Gasteiger partial charge in [-0.1, -0.05) is 18.2 Å². The maximum absolute atomic E-state index is 3.75. The lowest BCUT2D eigenvalue weighted by molar-refractivity contribution is 1.04. The van der Waals surface area contributed by atoms with Crippen molar-refractivity contribution in [3.05, 3.63) is 42.5 Å². The molecule has 0 aliphatic carbocycles. The van der Waals surface area contributed by atoms with E-state index in [0.29, 0.717) is 0 Å². The molecule has 0 bridgehead atoms. The lowest BCUT2D eigenvalue weighted by atomic mass is 10.2. The van der Waals surface area contributed by atoms with Crippen molar-refractivity contribution < 1.29 is 0 Å². The van der Waals surface area contributed by atoms with Crippen molar-refractivity contribution in [3.63, 3.8) is 0 Å². The Bertz CT molecular complexity index is 365. The third-order valence-corrected chi connectivity index (χ3v) is 1.81. The van der Waals surface area contributed by atoms with Gasteiger partial charge in [0.2, 0.25) is 0 Å². The number of rotatable bonds is 1. The van der Waals surface area contributed by atoms with E-state index in [9.17, 15) is 0 Å². The van der Waals surface area contributed by atoms with E-state index in [2.05, 4.69) is 23.2 Å². The second kappa shape index (κ2) is 2.77. The zero-order chi connectivity index (χ0) is 8.39. The highest BCUT2D eigenvalue weighted by atomic mass is 15.2. The van der Waals surface area contributed by atoms with E-state index in [0.717, 1.165) is 5.69 Å². The van der Waals surface area contributed by atoms with E-state index in [1.54, 1.807) is 12.7 Å². The summed E-state index contributed by atoms with van der Waals surface area (Å²) in [5, 5.41) is 7.51. The molecule has 0 fully saturated rings. The van der Waals surface area contributed by atoms with Crippen LogP contribution in [0.3, 0.4) is 0 Å². The minimum absolute atomic E-state index is 1.13. The van der Waals surface area contributed by atoms with Gasteiger partial charge in [0.1, 0.15) is 12.7 Å². The Hall–Kier alpha value is -1.64. The molecule has 3 heteroatoms. The van der Waals surface area contributed by atoms with Crippen molar-refractivity contribution >= 4 is 0 Å². The van der Waals surface area contributed by atoms with Crippen LogP contribution in [0, 0.1) is 6.92 Å². The van der Waals surface area contributed by atoms with Crippen molar-refractivity contribution in [2.75, 3.05) is 0 Å². The molecule has 1 aromatic carbocycles. The standard InChI is InChI=1S/C9H9N3/c1-8-4-2-3-5-9(8)12-6-10-11-7-12/h2-7H,1H3. The van der Waals surface area contributed by atoms with Crippen molar-refractivity contribution in [2.24, 2.45) is 0 Å². The third kappa shape index (κ3) is 1.09. The fraction of sp³-hybridized carbons (Fsp3) is 0.111. The van der Waals surface area contributed by atoms with Gasteiger partial charge in [-0.3, -0.25) is 4.57 Å². The van der Waals surface area contributed by atoms with Crippen molar-refractivity contribution in [1.29, 1.82) is 0 Å². The topological polar surface area (TPSA) is 30.7 Å². The highest BCUT2D eigenvalue weighted by Gasteiger charge is 1.97. The number of hydrogen-bond donors (Lipinski definition) is 0. The molecular formula is C9H9N3. The summed E-state index contributed by atoms with van der Waals surface area (Å²) in [5.41, 5.74) is 2.35. The van der Waals surface area contributed by atoms with Crippen LogP contribution in [0.5, 0.6) is 0 Å². The van der Waals surface area contributed by atoms with E-state index < -0.39 is 0 Å². The van der Waals surface area contributed by atoms with Crippen molar-refractivity contribution in [3.8, 4) is 5.69 Å². The number of benzene rings is 1. The van der Waals surface area contributed by atoms with Gasteiger partial charge in [0.25, 0.3) is 0 Å². The predicted molar refractivity (Wildman–Crippen MR) is 46.1 cm³/mol. The van der Waals surface area contributed by atoms with Gasteiger partial charge >= 0.3 is 0 Å². The van der Waals surface area contributed by atoms with E-state index in [1.165, 1.54) is 5.56 Å². The number of hydrogen-bond acceptors (Lipinski definition) is 2. The largest absolute Gasteiger partial charge is 0.288 e. The van der Waals surface area contributed by atoms with Gasteiger partial charge in [-0.15, -0.1) is 10.2 Å². The zero-order valence-electron chi connectivity index (χ0n) is 6.81. The van der Waals surface area contributed by atoms with Crippen LogP contribution >= 0.6 is 0 Å². The molecule has 0 saturated heterocycles. The van der Waals surface area contributed by atoms with Crippen LogP contribution in [0.15, 0.2) is 36.9 Å². The number of aryl methyl sites for hydroxylation is 1. The Kier molecular flexibility index (Phi) is 1.63. The first-order chi connectivity index (χ1) is 5.88. The molecule has 2 aromatic rings. The summed E-state index contributed by atoms with van der Waals surface area (Å²) < 4.78 is 1.90. The first-order valence-electron chi connectivity index (χ1n) is 3.78. The predicted octanol–water partition coefficient (Wildman–Crippen LogP) is 1.58. The summed E-state index contributed by atoms with van der Waals surface area (Å²) in [4.78, 5) is 0. The molecule has 0 aliphatic heterocycles. The molecular weight excluding hydrogens is 150 g/mol. The summed E-state index contributed by atoms with van der Waals surface area (Å²) in [6.45, 7) is 2.06. The van der Waals surface area contributed by atoms with Crippen LogP contribution in [-0.4, -0.2) is 14.8 Å². The Labute approximate surface area is 70.7 Å². The number of para-hydroxylation sites is 1. The van der Waals surface area contributed by atoms with Crippen LogP contribution in [0.1, 0.15) is 5.56 Å². The first-order valence-corrected chi connectivity index (χ1v) is 3.78. The molecule has 0 radical (unpaired) electrons. The Balaban J connectivity index is 2.55. The van der Waals surface area contributed by atoms with Gasteiger partial charge in [0, 0.05) is 0 Å². The maximum Gasteiger partial charge on any atom is 0.123 e. The molecule has 1 aromatic heterocycles. The lowest BCUT2D eigenvalue weighted by Crippen LogP contribution is -1.92. The van der Waals surface area contributed by atoms with Crippen molar-refractivity contribution in [2.45, 2.75) is 6.92 Å². The minimum atomic E-state index is 1.13. The van der Waals surface area contributed by atoms with Gasteiger partial charge in [0.15, 0.2) is 0 Å². The fourth-order valence-corrected chi connectivity index (χ4v) is 1.18. The first kappa shape index (κ1) is 7.03. The van der Waals surface area contributed by atoms with E-state index in [-0.39, 0.29) is 0 Å². The molecule has 3 nitrogen and oxygen atoms in total. The third-order valence-electron chi connectivity index (χ3n) is 1.81. The summed E-state index contributed by atoms with van der Waals surface area (Å²) in [5.74, 6) is 0. The molecule has 12 heavy (non-hydrogen) atoms. The van der Waals surface area contributed by atoms with Crippen molar-refractivity contribution in [1.82, 2.24) is 14.8 Å². The normalized spacial score (nSPS) is 10.1. The average molecular weight is 159 g/mol. The molecule has 0 aliphatic rings. The second-order valence-electron chi connectivity index (χ2n) is 2.66. The van der Waals surface area contributed by atoms with Crippen LogP contribution in [0.2, 0.25) is 0 Å². The second-order valence-corrected chi connectivity index (χ2v) is 2.66. The minimum Gasteiger partial charge on any atom is -0.288 e. The van der Waals surface area contributed by atoms with Gasteiger partial charge in [-0.2, -0.15) is 0 Å². The lowest BCUT2D eigenvalue weighted by Gasteiger charge is -2.03. The highest BCUT2D eigenvalue weighted by molar-refractivity contribution is 5.39. The monoisotopic (exact) mass is 159 g/mol. The average Bonchev–Trinajstić information content (AvgIpc) is 2.57. The van der Waals surface area contributed by atoms with E-state index in [1.807, 2.05) is 22.8 Å². The van der Waals surface area contributed by atoms with E-state index >= 15 is 0 Å². The summed E-state index contributed by atoms with van der Waals surface area (Å²) in [6, 6.07) is 8.12. The number of nitrogens with zero attached hydrogens (tertiary/aromatic N) is 3. The molecule has 0 amide bonds. The summed E-state index contributed by atoms with van der Waals surface area (Å²) in [6.07, 6.45) is 3.39. The molecule has 0 unspecified atom stereocenters. The fourth-order valence-electron chi connectivity index (χ4n) is 1.18. The molecule has 0 N–H and O–H groups in total. The molecule has 1 heterocycles. The summed E-state index contributed by atoms with van der Waals surface area (Å²) in [7, 11) is 0. The molecule has 0 saturated carbocycles. The number of aromatic nitrogens is 3.